The van der Waals surface area contributed by atoms with Gasteiger partial charge in [-0.3, -0.25) is 14.9 Å². The number of thiocarbonyl (C=S) groups is 2. The molecule has 0 aliphatic carbocycles. The maximum atomic E-state index is 12.0. The highest BCUT2D eigenvalue weighted by atomic mass is 35.5. The van der Waals surface area contributed by atoms with Crippen LogP contribution in [-0.4, -0.2) is 28.6 Å². The first-order chi connectivity index (χ1) is 13.7. The van der Waals surface area contributed by atoms with E-state index in [1.807, 2.05) is 6.92 Å². The molecular formula is C19H19ClN4O3S2. The Morgan fingerprint density at radius 3 is 2.03 bits per heavy atom. The third-order valence-electron chi connectivity index (χ3n) is 3.44. The van der Waals surface area contributed by atoms with Crippen LogP contribution in [0.4, 0.5) is 11.4 Å². The van der Waals surface area contributed by atoms with E-state index < -0.39 is 5.91 Å². The summed E-state index contributed by atoms with van der Waals surface area (Å²) in [5, 5.41) is 11.7. The Balaban J connectivity index is 1.79. The van der Waals surface area contributed by atoms with Crippen molar-refractivity contribution in [3.8, 4) is 5.75 Å². The Hall–Kier alpha value is -2.75. The van der Waals surface area contributed by atoms with Crippen molar-refractivity contribution in [1.82, 2.24) is 10.6 Å². The second-order valence-electron chi connectivity index (χ2n) is 5.91. The smallest absolute Gasteiger partial charge is 0.264 e. The first kappa shape index (κ1) is 22.5. The van der Waals surface area contributed by atoms with Gasteiger partial charge in [0.2, 0.25) is 5.91 Å². The Labute approximate surface area is 184 Å². The van der Waals surface area contributed by atoms with Crippen molar-refractivity contribution in [2.75, 3.05) is 17.2 Å². The zero-order valence-corrected chi connectivity index (χ0v) is 18.1. The second kappa shape index (κ2) is 10.7. The SMILES string of the molecule is CC(=O)NC(=S)Nc1ccc(NC(=S)NC(=O)COc2ccc(Cl)c(C)c2)cc1. The maximum Gasteiger partial charge on any atom is 0.264 e. The zero-order chi connectivity index (χ0) is 21.4. The molecule has 0 aliphatic heterocycles. The minimum Gasteiger partial charge on any atom is -0.484 e. The molecule has 4 N–H and O–H groups in total. The molecule has 0 radical (unpaired) electrons. The molecule has 7 nitrogen and oxygen atoms in total. The molecule has 0 aromatic heterocycles. The predicted octanol–water partition coefficient (Wildman–Crippen LogP) is 3.37. The fourth-order valence-corrected chi connectivity index (χ4v) is 2.75. The average Bonchev–Trinajstić information content (AvgIpc) is 2.63. The number of hydrogen-bond acceptors (Lipinski definition) is 5. The summed E-state index contributed by atoms with van der Waals surface area (Å²) in [6, 6.07) is 12.1. The Morgan fingerprint density at radius 1 is 0.966 bits per heavy atom. The first-order valence-electron chi connectivity index (χ1n) is 8.41. The van der Waals surface area contributed by atoms with Gasteiger partial charge >= 0.3 is 0 Å². The summed E-state index contributed by atoms with van der Waals surface area (Å²) in [4.78, 5) is 22.9. The standard InChI is InChI=1S/C19H19ClN4O3S2/c1-11-9-15(7-8-16(11)20)27-10-17(26)24-19(29)23-14-5-3-13(4-6-14)22-18(28)21-12(2)25/h3-9H,10H2,1-2H3,(H2,21,22,25,28)(H2,23,24,26,29). The number of aryl methyl sites for hydroxylation is 1. The molecule has 2 aromatic carbocycles. The highest BCUT2D eigenvalue weighted by Gasteiger charge is 2.07. The molecular weight excluding hydrogens is 432 g/mol. The number of benzene rings is 2. The number of anilines is 2. The van der Waals surface area contributed by atoms with E-state index >= 15 is 0 Å². The number of ether oxygens (including phenoxy) is 1. The minimum atomic E-state index is -0.394. The summed E-state index contributed by atoms with van der Waals surface area (Å²) in [6.45, 7) is 3.03. The molecule has 2 amide bonds. The van der Waals surface area contributed by atoms with Gasteiger partial charge in [0.05, 0.1) is 0 Å². The lowest BCUT2D eigenvalue weighted by molar-refractivity contribution is -0.121. The molecule has 0 aliphatic rings. The van der Waals surface area contributed by atoms with Gasteiger partial charge in [0.25, 0.3) is 5.91 Å². The van der Waals surface area contributed by atoms with E-state index in [0.29, 0.717) is 22.1 Å². The first-order valence-corrected chi connectivity index (χ1v) is 9.61. The number of hydrogen-bond donors (Lipinski definition) is 4. The lowest BCUT2D eigenvalue weighted by Gasteiger charge is -2.12. The normalized spacial score (nSPS) is 9.90. The summed E-state index contributed by atoms with van der Waals surface area (Å²) >= 11 is 16.1. The fourth-order valence-electron chi connectivity index (χ4n) is 2.14. The Kier molecular flexibility index (Phi) is 8.32. The van der Waals surface area contributed by atoms with E-state index in [0.717, 1.165) is 5.56 Å². The monoisotopic (exact) mass is 450 g/mol. The molecule has 2 aromatic rings. The van der Waals surface area contributed by atoms with Crippen molar-refractivity contribution < 1.29 is 14.3 Å². The highest BCUT2D eigenvalue weighted by molar-refractivity contribution is 7.80. The minimum absolute atomic E-state index is 0.139. The predicted molar refractivity (Wildman–Crippen MR) is 123 cm³/mol. The molecule has 0 spiro atoms. The van der Waals surface area contributed by atoms with Crippen LogP contribution in [0, 0.1) is 6.92 Å². The topological polar surface area (TPSA) is 91.5 Å². The number of nitrogens with one attached hydrogen (secondary N) is 4. The summed E-state index contributed by atoms with van der Waals surface area (Å²) in [6.07, 6.45) is 0. The van der Waals surface area contributed by atoms with Crippen molar-refractivity contribution in [1.29, 1.82) is 0 Å². The summed E-state index contributed by atoms with van der Waals surface area (Å²) in [5.74, 6) is -0.104. The number of carbonyl (C=O) groups excluding carboxylic acids is 2. The van der Waals surface area contributed by atoms with Gasteiger partial charge in [-0.15, -0.1) is 0 Å². The van der Waals surface area contributed by atoms with Gasteiger partial charge in [0.1, 0.15) is 5.75 Å². The van der Waals surface area contributed by atoms with Crippen LogP contribution in [0.1, 0.15) is 12.5 Å². The van der Waals surface area contributed by atoms with Gasteiger partial charge in [-0.25, -0.2) is 0 Å². The third-order valence-corrected chi connectivity index (χ3v) is 4.27. The molecule has 0 heterocycles. The quantitative estimate of drug-likeness (QED) is 0.519. The van der Waals surface area contributed by atoms with Gasteiger partial charge in [-0.1, -0.05) is 11.6 Å². The van der Waals surface area contributed by atoms with E-state index in [2.05, 4.69) is 21.3 Å². The number of carbonyl (C=O) groups is 2. The van der Waals surface area contributed by atoms with Crippen LogP contribution >= 0.6 is 36.0 Å². The van der Waals surface area contributed by atoms with Crippen LogP contribution < -0.4 is 26.0 Å². The third kappa shape index (κ3) is 8.02. The van der Waals surface area contributed by atoms with E-state index in [1.165, 1.54) is 6.92 Å². The van der Waals surface area contributed by atoms with Crippen molar-refractivity contribution in [3.63, 3.8) is 0 Å². The van der Waals surface area contributed by atoms with Crippen molar-refractivity contribution in [3.05, 3.63) is 53.1 Å². The van der Waals surface area contributed by atoms with Crippen LogP contribution in [0.2, 0.25) is 5.02 Å². The second-order valence-corrected chi connectivity index (χ2v) is 7.14. The largest absolute Gasteiger partial charge is 0.484 e. The molecule has 2 rings (SSSR count). The molecule has 0 bridgehead atoms. The zero-order valence-electron chi connectivity index (χ0n) is 15.7. The van der Waals surface area contributed by atoms with E-state index in [4.69, 9.17) is 40.8 Å². The lowest BCUT2D eigenvalue weighted by atomic mass is 10.2. The van der Waals surface area contributed by atoms with Gasteiger partial charge in [0.15, 0.2) is 16.8 Å². The molecule has 152 valence electrons. The number of halogens is 1. The van der Waals surface area contributed by atoms with E-state index in [9.17, 15) is 9.59 Å². The average molecular weight is 451 g/mol. The summed E-state index contributed by atoms with van der Waals surface area (Å²) in [5.41, 5.74) is 2.22. The van der Waals surface area contributed by atoms with E-state index in [-0.39, 0.29) is 22.7 Å². The highest BCUT2D eigenvalue weighted by Crippen LogP contribution is 2.20. The van der Waals surface area contributed by atoms with Crippen LogP contribution in [0.15, 0.2) is 42.5 Å². The van der Waals surface area contributed by atoms with Gasteiger partial charge < -0.3 is 20.7 Å². The molecule has 0 saturated heterocycles. The van der Waals surface area contributed by atoms with Gasteiger partial charge in [-0.2, -0.15) is 0 Å². The lowest BCUT2D eigenvalue weighted by Crippen LogP contribution is -2.37. The fraction of sp³-hybridized carbons (Fsp3) is 0.158. The van der Waals surface area contributed by atoms with Crippen molar-refractivity contribution in [2.45, 2.75) is 13.8 Å². The maximum absolute atomic E-state index is 12.0. The van der Waals surface area contributed by atoms with Crippen molar-refractivity contribution in [2.24, 2.45) is 0 Å². The van der Waals surface area contributed by atoms with E-state index in [1.54, 1.807) is 42.5 Å². The molecule has 0 atom stereocenters. The number of rotatable bonds is 5. The molecule has 0 unspecified atom stereocenters. The van der Waals surface area contributed by atoms with Crippen molar-refractivity contribution >= 4 is 69.5 Å². The van der Waals surface area contributed by atoms with Crippen LogP contribution in [0.3, 0.4) is 0 Å². The molecule has 0 saturated carbocycles. The Bertz CT molecular complexity index is 936. The van der Waals surface area contributed by atoms with Crippen LogP contribution in [0.25, 0.3) is 0 Å². The van der Waals surface area contributed by atoms with Gasteiger partial charge in [0, 0.05) is 23.3 Å². The number of amides is 2. The molecule has 10 heteroatoms. The van der Waals surface area contributed by atoms with Gasteiger partial charge in [-0.05, 0) is 79.4 Å². The summed E-state index contributed by atoms with van der Waals surface area (Å²) in [7, 11) is 0. The molecule has 0 fully saturated rings. The van der Waals surface area contributed by atoms with Crippen LogP contribution in [-0.2, 0) is 9.59 Å². The summed E-state index contributed by atoms with van der Waals surface area (Å²) < 4.78 is 5.43. The molecule has 29 heavy (non-hydrogen) atoms. The Morgan fingerprint density at radius 2 is 1.52 bits per heavy atom. The van der Waals surface area contributed by atoms with Crippen LogP contribution in [0.5, 0.6) is 5.75 Å².